The Labute approximate surface area is 118 Å². The lowest BCUT2D eigenvalue weighted by Gasteiger charge is -2.32. The number of nitrogens with zero attached hydrogens (tertiary/aromatic N) is 2. The van der Waals surface area contributed by atoms with Gasteiger partial charge in [0, 0.05) is 52.8 Å². The van der Waals surface area contributed by atoms with Crippen molar-refractivity contribution in [3.05, 3.63) is 11.9 Å². The molecule has 2 rings (SSSR count). The molecule has 1 aliphatic heterocycles. The van der Waals surface area contributed by atoms with Crippen molar-refractivity contribution in [1.29, 1.82) is 0 Å². The van der Waals surface area contributed by atoms with Gasteiger partial charge in [-0.1, -0.05) is 0 Å². The minimum Gasteiger partial charge on any atom is -0.388 e. The van der Waals surface area contributed by atoms with Gasteiger partial charge in [-0.3, -0.25) is 0 Å². The van der Waals surface area contributed by atoms with Gasteiger partial charge in [0.05, 0.1) is 5.60 Å². The summed E-state index contributed by atoms with van der Waals surface area (Å²) in [6.45, 7) is 1.99. The number of nitrogens with one attached hydrogen (secondary N) is 2. The summed E-state index contributed by atoms with van der Waals surface area (Å²) in [4.78, 5) is 8.64. The van der Waals surface area contributed by atoms with Crippen LogP contribution in [0.2, 0.25) is 0 Å². The van der Waals surface area contributed by atoms with Gasteiger partial charge in [0.2, 0.25) is 0 Å². The summed E-state index contributed by atoms with van der Waals surface area (Å²) in [5.41, 5.74) is -0.732. The first kappa shape index (κ1) is 15.0. The molecule has 20 heavy (non-hydrogen) atoms. The van der Waals surface area contributed by atoms with Crippen molar-refractivity contribution in [2.24, 2.45) is 0 Å². The van der Waals surface area contributed by atoms with Gasteiger partial charge in [-0.2, -0.15) is 0 Å². The molecule has 0 saturated carbocycles. The third kappa shape index (κ3) is 4.03. The molecule has 1 aromatic rings. The van der Waals surface area contributed by atoms with E-state index in [2.05, 4.69) is 20.6 Å². The van der Waals surface area contributed by atoms with Gasteiger partial charge in [0.1, 0.15) is 18.2 Å². The minimum absolute atomic E-state index is 0.350. The zero-order valence-electron chi connectivity index (χ0n) is 12.0. The fourth-order valence-corrected chi connectivity index (χ4v) is 2.09. The molecule has 0 unspecified atom stereocenters. The van der Waals surface area contributed by atoms with E-state index in [9.17, 15) is 5.11 Å². The minimum atomic E-state index is -0.732. The van der Waals surface area contributed by atoms with Crippen LogP contribution >= 0.6 is 0 Å². The molecule has 0 bridgehead atoms. The highest BCUT2D eigenvalue weighted by molar-refractivity contribution is 5.47. The van der Waals surface area contributed by atoms with Crippen molar-refractivity contribution in [3.8, 4) is 0 Å². The first-order valence-corrected chi connectivity index (χ1v) is 6.74. The molecule has 3 N–H and O–H groups in total. The molecule has 7 heteroatoms. The zero-order valence-corrected chi connectivity index (χ0v) is 12.0. The predicted molar refractivity (Wildman–Crippen MR) is 75.8 cm³/mol. The number of methoxy groups -OCH3 is 1. The first-order chi connectivity index (χ1) is 9.65. The highest BCUT2D eigenvalue weighted by Gasteiger charge is 2.29. The second-order valence-corrected chi connectivity index (χ2v) is 4.93. The molecule has 0 aromatic carbocycles. The quantitative estimate of drug-likeness (QED) is 0.704. The molecular formula is C13H22N4O3. The maximum absolute atomic E-state index is 10.4. The maximum Gasteiger partial charge on any atom is 0.158 e. The molecule has 7 nitrogen and oxygen atoms in total. The van der Waals surface area contributed by atoms with Crippen LogP contribution in [0.25, 0.3) is 0 Å². The normalized spacial score (nSPS) is 17.8. The van der Waals surface area contributed by atoms with Gasteiger partial charge in [-0.25, -0.2) is 9.97 Å². The Bertz CT molecular complexity index is 436. The van der Waals surface area contributed by atoms with Crippen LogP contribution in [0.1, 0.15) is 18.7 Å². The van der Waals surface area contributed by atoms with Gasteiger partial charge in [0.15, 0.2) is 5.82 Å². The monoisotopic (exact) mass is 282 g/mol. The first-order valence-electron chi connectivity index (χ1n) is 6.74. The zero-order chi connectivity index (χ0) is 14.4. The average Bonchev–Trinajstić information content (AvgIpc) is 2.46. The van der Waals surface area contributed by atoms with E-state index in [1.54, 1.807) is 14.2 Å². The van der Waals surface area contributed by atoms with Gasteiger partial charge in [-0.05, 0) is 0 Å². The molecule has 1 saturated heterocycles. The van der Waals surface area contributed by atoms with Crippen LogP contribution < -0.4 is 10.6 Å². The number of anilines is 2. The smallest absolute Gasteiger partial charge is 0.158 e. The molecule has 112 valence electrons. The predicted octanol–water partition coefficient (Wildman–Crippen LogP) is 0.618. The molecule has 1 aliphatic rings. The topological polar surface area (TPSA) is 88.5 Å². The molecular weight excluding hydrogens is 260 g/mol. The Hall–Kier alpha value is -1.44. The van der Waals surface area contributed by atoms with Gasteiger partial charge in [0.25, 0.3) is 0 Å². The van der Waals surface area contributed by atoms with Gasteiger partial charge in [-0.15, -0.1) is 0 Å². The third-order valence-corrected chi connectivity index (χ3v) is 3.32. The molecule has 0 spiro atoms. The van der Waals surface area contributed by atoms with Crippen molar-refractivity contribution < 1.29 is 14.6 Å². The van der Waals surface area contributed by atoms with Crippen LogP contribution in [-0.4, -0.2) is 54.6 Å². The summed E-state index contributed by atoms with van der Waals surface area (Å²) >= 11 is 0. The van der Waals surface area contributed by atoms with Gasteiger partial charge < -0.3 is 25.2 Å². The highest BCUT2D eigenvalue weighted by atomic mass is 16.5. The number of hydrogen-bond acceptors (Lipinski definition) is 7. The van der Waals surface area contributed by atoms with E-state index in [0.717, 1.165) is 0 Å². The molecule has 0 aliphatic carbocycles. The van der Waals surface area contributed by atoms with E-state index in [0.29, 0.717) is 56.7 Å². The lowest BCUT2D eigenvalue weighted by Crippen LogP contribution is -2.42. The lowest BCUT2D eigenvalue weighted by atomic mass is 9.94. The van der Waals surface area contributed by atoms with Crippen LogP contribution in [0.4, 0.5) is 11.6 Å². The Kier molecular flexibility index (Phi) is 5.11. The largest absolute Gasteiger partial charge is 0.388 e. The van der Waals surface area contributed by atoms with Crippen molar-refractivity contribution in [2.75, 3.05) is 44.5 Å². The van der Waals surface area contributed by atoms with Crippen LogP contribution in [0, 0.1) is 0 Å². The molecule has 1 aromatic heterocycles. The van der Waals surface area contributed by atoms with Crippen molar-refractivity contribution >= 4 is 11.6 Å². The van der Waals surface area contributed by atoms with Crippen molar-refractivity contribution in [2.45, 2.75) is 25.0 Å². The summed E-state index contributed by atoms with van der Waals surface area (Å²) in [5.74, 6) is 1.99. The standard InChI is InChI=1S/C13H22N4O3/c1-14-10-7-11(17-12(16-10)8-19-2)15-9-13(18)3-5-20-6-4-13/h7,18H,3-6,8-9H2,1-2H3,(H2,14,15,16,17). The molecule has 0 amide bonds. The van der Waals surface area contributed by atoms with E-state index in [-0.39, 0.29) is 0 Å². The number of rotatable bonds is 6. The van der Waals surface area contributed by atoms with E-state index < -0.39 is 5.60 Å². The number of aromatic nitrogens is 2. The second kappa shape index (κ2) is 6.83. The Morgan fingerprint density at radius 3 is 2.70 bits per heavy atom. The Morgan fingerprint density at radius 1 is 1.35 bits per heavy atom. The number of aliphatic hydroxyl groups is 1. The van der Waals surface area contributed by atoms with Crippen molar-refractivity contribution in [1.82, 2.24) is 9.97 Å². The number of hydrogen-bond donors (Lipinski definition) is 3. The van der Waals surface area contributed by atoms with Gasteiger partial charge >= 0.3 is 0 Å². The lowest BCUT2D eigenvalue weighted by molar-refractivity contribution is -0.0543. The fraction of sp³-hybridized carbons (Fsp3) is 0.692. The summed E-state index contributed by atoms with van der Waals surface area (Å²) < 4.78 is 10.3. The third-order valence-electron chi connectivity index (χ3n) is 3.32. The van der Waals surface area contributed by atoms with E-state index in [4.69, 9.17) is 9.47 Å². The van der Waals surface area contributed by atoms with Crippen LogP contribution in [0.3, 0.4) is 0 Å². The average molecular weight is 282 g/mol. The van der Waals surface area contributed by atoms with E-state index in [1.807, 2.05) is 6.07 Å². The maximum atomic E-state index is 10.4. The van der Waals surface area contributed by atoms with E-state index >= 15 is 0 Å². The van der Waals surface area contributed by atoms with Crippen LogP contribution in [0.5, 0.6) is 0 Å². The molecule has 1 fully saturated rings. The van der Waals surface area contributed by atoms with Crippen LogP contribution in [0.15, 0.2) is 6.07 Å². The van der Waals surface area contributed by atoms with Crippen LogP contribution in [-0.2, 0) is 16.1 Å². The summed E-state index contributed by atoms with van der Waals surface area (Å²) in [6.07, 6.45) is 1.27. The second-order valence-electron chi connectivity index (χ2n) is 4.93. The molecule has 0 atom stereocenters. The summed E-state index contributed by atoms with van der Waals surface area (Å²) in [5, 5.41) is 16.6. The molecule has 0 radical (unpaired) electrons. The van der Waals surface area contributed by atoms with Crippen molar-refractivity contribution in [3.63, 3.8) is 0 Å². The molecule has 2 heterocycles. The number of ether oxygens (including phenoxy) is 2. The summed E-state index contributed by atoms with van der Waals surface area (Å²) in [6, 6.07) is 1.81. The summed E-state index contributed by atoms with van der Waals surface area (Å²) in [7, 11) is 3.40. The van der Waals surface area contributed by atoms with E-state index in [1.165, 1.54) is 0 Å². The highest BCUT2D eigenvalue weighted by Crippen LogP contribution is 2.21. The SMILES string of the molecule is CNc1cc(NCC2(O)CCOCC2)nc(COC)n1. The fourth-order valence-electron chi connectivity index (χ4n) is 2.09. The Morgan fingerprint density at radius 2 is 2.05 bits per heavy atom. The Balaban J connectivity index is 2.02.